The quantitative estimate of drug-likeness (QED) is 0.418. The van der Waals surface area contributed by atoms with Crippen LogP contribution in [0.25, 0.3) is 17.5 Å². The summed E-state index contributed by atoms with van der Waals surface area (Å²) in [5.74, 6) is -0.138. The average molecular weight is 483 g/mol. The predicted octanol–water partition coefficient (Wildman–Crippen LogP) is 6.29. The van der Waals surface area contributed by atoms with Crippen molar-refractivity contribution < 1.29 is 35.6 Å². The Labute approximate surface area is 190 Å². The minimum Gasteiger partial charge on any atom is -0.489 e. The van der Waals surface area contributed by atoms with Crippen molar-refractivity contribution in [3.8, 4) is 17.1 Å². The first-order valence-electron chi connectivity index (χ1n) is 10.4. The third-order valence-corrected chi connectivity index (χ3v) is 5.24. The Balaban J connectivity index is 1.51. The Hall–Kier alpha value is -3.34. The molecule has 1 unspecified atom stereocenters. The van der Waals surface area contributed by atoms with E-state index in [0.717, 1.165) is 43.7 Å². The number of hydrogen-bond donors (Lipinski definition) is 1. The molecule has 1 N–H and O–H groups in total. The van der Waals surface area contributed by atoms with Crippen LogP contribution < -0.4 is 10.1 Å². The first-order chi connectivity index (χ1) is 16.1. The first kappa shape index (κ1) is 23.8. The molecule has 11 heteroatoms. The SMILES string of the molecule is FC(F)(F)c1ccccc1/C=C/COc1ccc(-c2noc(C3CCCN3)n2)cc1C(F)(F)F. The fourth-order valence-electron chi connectivity index (χ4n) is 3.62. The minimum absolute atomic E-state index is 0.0180. The Morgan fingerprint density at radius 2 is 1.79 bits per heavy atom. The van der Waals surface area contributed by atoms with Crippen LogP contribution in [0.15, 0.2) is 53.1 Å². The van der Waals surface area contributed by atoms with Gasteiger partial charge in [-0.1, -0.05) is 29.4 Å². The Morgan fingerprint density at radius 3 is 2.50 bits per heavy atom. The Morgan fingerprint density at radius 1 is 1.03 bits per heavy atom. The smallest absolute Gasteiger partial charge is 0.419 e. The Bertz CT molecular complexity index is 1160. The van der Waals surface area contributed by atoms with Gasteiger partial charge in [0.2, 0.25) is 11.7 Å². The summed E-state index contributed by atoms with van der Waals surface area (Å²) in [6.07, 6.45) is -5.19. The molecule has 0 amide bonds. The molecule has 1 atom stereocenters. The third-order valence-electron chi connectivity index (χ3n) is 5.24. The van der Waals surface area contributed by atoms with E-state index >= 15 is 0 Å². The molecule has 1 aromatic heterocycles. The second-order valence-corrected chi connectivity index (χ2v) is 7.61. The molecule has 2 heterocycles. The summed E-state index contributed by atoms with van der Waals surface area (Å²) in [5.41, 5.74) is -1.92. The van der Waals surface area contributed by atoms with Crippen LogP contribution in [-0.2, 0) is 12.4 Å². The molecule has 3 aromatic rings. The van der Waals surface area contributed by atoms with Gasteiger partial charge in [0.05, 0.1) is 17.2 Å². The molecule has 0 bridgehead atoms. The zero-order valence-corrected chi connectivity index (χ0v) is 17.6. The van der Waals surface area contributed by atoms with Crippen molar-refractivity contribution in [1.82, 2.24) is 15.5 Å². The lowest BCUT2D eigenvalue weighted by Crippen LogP contribution is -2.13. The maximum absolute atomic E-state index is 13.7. The Kier molecular flexibility index (Phi) is 6.65. The summed E-state index contributed by atoms with van der Waals surface area (Å²) in [7, 11) is 0. The molecule has 0 aliphatic carbocycles. The van der Waals surface area contributed by atoms with Crippen molar-refractivity contribution in [3.63, 3.8) is 0 Å². The second kappa shape index (κ2) is 9.49. The summed E-state index contributed by atoms with van der Waals surface area (Å²) in [5, 5.41) is 6.95. The summed E-state index contributed by atoms with van der Waals surface area (Å²) in [6, 6.07) is 8.09. The van der Waals surface area contributed by atoms with E-state index < -0.39 is 29.2 Å². The molecular weight excluding hydrogens is 464 g/mol. The van der Waals surface area contributed by atoms with Crippen LogP contribution in [-0.4, -0.2) is 23.3 Å². The van der Waals surface area contributed by atoms with Gasteiger partial charge in [-0.3, -0.25) is 0 Å². The molecule has 0 saturated carbocycles. The van der Waals surface area contributed by atoms with Crippen molar-refractivity contribution in [2.45, 2.75) is 31.2 Å². The number of nitrogens with zero attached hydrogens (tertiary/aromatic N) is 2. The number of rotatable bonds is 6. The van der Waals surface area contributed by atoms with Crippen molar-refractivity contribution in [3.05, 3.63) is 71.1 Å². The number of benzene rings is 2. The highest BCUT2D eigenvalue weighted by Crippen LogP contribution is 2.39. The molecule has 34 heavy (non-hydrogen) atoms. The normalized spacial score (nSPS) is 16.9. The zero-order valence-electron chi connectivity index (χ0n) is 17.6. The lowest BCUT2D eigenvalue weighted by molar-refractivity contribution is -0.139. The molecule has 1 fully saturated rings. The highest BCUT2D eigenvalue weighted by molar-refractivity contribution is 5.59. The fourth-order valence-corrected chi connectivity index (χ4v) is 3.62. The third kappa shape index (κ3) is 5.41. The number of halogens is 6. The highest BCUT2D eigenvalue weighted by atomic mass is 19.4. The molecular formula is C23H19F6N3O2. The fraction of sp³-hybridized carbons (Fsp3) is 0.304. The van der Waals surface area contributed by atoms with Crippen molar-refractivity contribution in [1.29, 1.82) is 0 Å². The van der Waals surface area contributed by atoms with Crippen LogP contribution in [0.5, 0.6) is 5.75 Å². The number of hydrogen-bond acceptors (Lipinski definition) is 5. The maximum atomic E-state index is 13.7. The predicted molar refractivity (Wildman–Crippen MR) is 111 cm³/mol. The van der Waals surface area contributed by atoms with E-state index in [1.807, 2.05) is 0 Å². The van der Waals surface area contributed by atoms with E-state index in [2.05, 4.69) is 15.5 Å². The number of alkyl halides is 6. The number of ether oxygens (including phenoxy) is 1. The van der Waals surface area contributed by atoms with E-state index in [1.165, 1.54) is 30.3 Å². The highest BCUT2D eigenvalue weighted by Gasteiger charge is 2.35. The van der Waals surface area contributed by atoms with E-state index in [4.69, 9.17) is 9.26 Å². The van der Waals surface area contributed by atoms with Gasteiger partial charge >= 0.3 is 12.4 Å². The molecule has 0 radical (unpaired) electrons. The summed E-state index contributed by atoms with van der Waals surface area (Å²) in [6.45, 7) is 0.428. The van der Waals surface area contributed by atoms with Gasteiger partial charge in [0.15, 0.2) is 0 Å². The van der Waals surface area contributed by atoms with Crippen LogP contribution in [0.1, 0.15) is 41.5 Å². The topological polar surface area (TPSA) is 60.2 Å². The maximum Gasteiger partial charge on any atom is 0.419 e. The monoisotopic (exact) mass is 483 g/mol. The van der Waals surface area contributed by atoms with E-state index in [9.17, 15) is 26.3 Å². The summed E-state index contributed by atoms with van der Waals surface area (Å²) in [4.78, 5) is 4.20. The first-order valence-corrected chi connectivity index (χ1v) is 10.4. The average Bonchev–Trinajstić information content (AvgIpc) is 3.48. The number of nitrogens with one attached hydrogen (secondary N) is 1. The van der Waals surface area contributed by atoms with Gasteiger partial charge in [-0.2, -0.15) is 31.3 Å². The van der Waals surface area contributed by atoms with Crippen LogP contribution in [0, 0.1) is 0 Å². The van der Waals surface area contributed by atoms with Gasteiger partial charge in [0.25, 0.3) is 0 Å². The molecule has 180 valence electrons. The number of aromatic nitrogens is 2. The molecule has 1 saturated heterocycles. The molecule has 5 nitrogen and oxygen atoms in total. The van der Waals surface area contributed by atoms with Gasteiger partial charge in [-0.05, 0) is 55.3 Å². The molecule has 4 rings (SSSR count). The van der Waals surface area contributed by atoms with Crippen molar-refractivity contribution in [2.24, 2.45) is 0 Å². The molecule has 2 aromatic carbocycles. The zero-order chi connectivity index (χ0) is 24.3. The van der Waals surface area contributed by atoms with Crippen LogP contribution >= 0.6 is 0 Å². The standard InChI is InChI=1S/C23H19F6N3O2/c24-22(25,26)16-7-2-1-5-14(16)6-4-12-33-19-10-9-15(13-17(19)23(27,28)29)20-31-21(34-32-20)18-8-3-11-30-18/h1-2,4-7,9-10,13,18,30H,3,8,11-12H2/b6-4+. The van der Waals surface area contributed by atoms with E-state index in [-0.39, 0.29) is 29.6 Å². The molecule has 1 aliphatic rings. The van der Waals surface area contributed by atoms with E-state index in [0.29, 0.717) is 5.89 Å². The largest absolute Gasteiger partial charge is 0.489 e. The lowest BCUT2D eigenvalue weighted by atomic mass is 10.1. The van der Waals surface area contributed by atoms with Crippen LogP contribution in [0.3, 0.4) is 0 Å². The van der Waals surface area contributed by atoms with E-state index in [1.54, 1.807) is 0 Å². The summed E-state index contributed by atoms with van der Waals surface area (Å²) >= 11 is 0. The van der Waals surface area contributed by atoms with Gasteiger partial charge < -0.3 is 14.6 Å². The van der Waals surface area contributed by atoms with Crippen LogP contribution in [0.4, 0.5) is 26.3 Å². The van der Waals surface area contributed by atoms with Crippen molar-refractivity contribution in [2.75, 3.05) is 13.2 Å². The van der Waals surface area contributed by atoms with Crippen LogP contribution in [0.2, 0.25) is 0 Å². The van der Waals surface area contributed by atoms with Gasteiger partial charge in [0.1, 0.15) is 12.4 Å². The van der Waals surface area contributed by atoms with Gasteiger partial charge in [-0.15, -0.1) is 0 Å². The lowest BCUT2D eigenvalue weighted by Gasteiger charge is -2.14. The molecule has 0 spiro atoms. The second-order valence-electron chi connectivity index (χ2n) is 7.61. The molecule has 1 aliphatic heterocycles. The summed E-state index contributed by atoms with van der Waals surface area (Å²) < 4.78 is 90.6. The van der Waals surface area contributed by atoms with Crippen molar-refractivity contribution >= 4 is 6.08 Å². The van der Waals surface area contributed by atoms with Gasteiger partial charge in [0, 0.05) is 5.56 Å². The van der Waals surface area contributed by atoms with Gasteiger partial charge in [-0.25, -0.2) is 0 Å². The minimum atomic E-state index is -4.74.